The van der Waals surface area contributed by atoms with Crippen molar-refractivity contribution in [1.29, 1.82) is 0 Å². The third-order valence-corrected chi connectivity index (χ3v) is 22.3. The number of quaternary nitrogens is 1. The van der Waals surface area contributed by atoms with Crippen LogP contribution in [-0.2, 0) is 93.1 Å². The van der Waals surface area contributed by atoms with Crippen molar-refractivity contribution in [3.63, 3.8) is 0 Å². The minimum atomic E-state index is -5.07. The highest BCUT2D eigenvalue weighted by Crippen LogP contribution is 2.50. The van der Waals surface area contributed by atoms with Crippen molar-refractivity contribution in [3.8, 4) is 0 Å². The molecule has 0 bridgehead atoms. The Morgan fingerprint density at radius 3 is 1.86 bits per heavy atom. The molecule has 0 spiro atoms. The predicted octanol–water partition coefficient (Wildman–Crippen LogP) is 7.41. The van der Waals surface area contributed by atoms with Gasteiger partial charge in [0.2, 0.25) is 5.69 Å². The molecule has 0 unspecified atom stereocenters. The Morgan fingerprint density at radius 1 is 0.657 bits per heavy atom. The zero-order valence-corrected chi connectivity index (χ0v) is 64.5. The molecule has 1 aliphatic carbocycles. The van der Waals surface area contributed by atoms with Crippen molar-refractivity contribution in [3.05, 3.63) is 135 Å². The van der Waals surface area contributed by atoms with Gasteiger partial charge in [-0.1, -0.05) is 50.5 Å². The van der Waals surface area contributed by atoms with Crippen LogP contribution in [0.4, 0.5) is 24.3 Å². The first-order valence-corrected chi connectivity index (χ1v) is 41.7. The smallest absolute Gasteiger partial charge is 0.531 e. The summed E-state index contributed by atoms with van der Waals surface area (Å²) in [6.45, 7) is 3.10. The van der Waals surface area contributed by atoms with E-state index in [-0.39, 0.29) is 87.2 Å². The molecule has 4 heterocycles. The van der Waals surface area contributed by atoms with Gasteiger partial charge in [0.05, 0.1) is 75.4 Å². The molecular weight excluding hydrogens is 1490 g/mol. The summed E-state index contributed by atoms with van der Waals surface area (Å²) in [5, 5.41) is 14.5. The number of allylic oxidation sites excluding steroid dienone is 8. The number of imide groups is 1. The van der Waals surface area contributed by atoms with E-state index in [2.05, 4.69) is 20.9 Å². The molecule has 1 aromatic heterocycles. The maximum Gasteiger partial charge on any atom is 0.531 e. The van der Waals surface area contributed by atoms with E-state index in [0.29, 0.717) is 157 Å². The van der Waals surface area contributed by atoms with E-state index in [9.17, 15) is 88.8 Å². The number of aromatic nitrogens is 3. The summed E-state index contributed by atoms with van der Waals surface area (Å²) in [6, 6.07) is 13.0. The molecule has 108 heavy (non-hydrogen) atoms. The number of hydrogen-bond acceptors (Lipinski definition) is 23. The molecule has 0 saturated carbocycles. The highest BCUT2D eigenvalue weighted by atomic mass is 32.2. The van der Waals surface area contributed by atoms with Gasteiger partial charge < -0.3 is 65.5 Å². The Labute approximate surface area is 628 Å². The normalized spacial score (nSPS) is 17.1. The fourth-order valence-electron chi connectivity index (χ4n) is 13.9. The van der Waals surface area contributed by atoms with Gasteiger partial charge in [-0.15, -0.1) is 10.2 Å². The minimum Gasteiger partial charge on any atom is -0.748 e. The van der Waals surface area contributed by atoms with Crippen LogP contribution >= 0.6 is 0 Å². The standard InChI is InChI=1S/C71H95BF3N9O20S4/c1-70(2)58-44-56(107(96,97)98)23-25-60(58)81(34-12-7-9-15-39-105(90,91)92)62(70)27-21-50-19-17-20-51(22-28-63-71(3,4)59-45-57(108(99,100)101)24-26-61(59)82(63)35-13-8-10-16-40-106(93,94)95)67(50)52-41-53(68(88)76-31-11-14-33-80-46-55(78-79-80)47-84(5,6)49-72(73,74)75)43-54(42-52)69(89)77-32-18-36-102-37-38-103-48-66(87)104-83-64(85)29-30-65(83)86/h21-28,41-46H,7-20,29-40,47-49H2,1-6H3,(H5-,76,77,88,89,90,91,92,93,94,95,96,97,98,99,100,101)/p-3. The molecule has 4 aromatic rings. The lowest BCUT2D eigenvalue weighted by atomic mass is 9.79. The molecule has 1 fully saturated rings. The van der Waals surface area contributed by atoms with E-state index in [0.717, 1.165) is 0 Å². The summed E-state index contributed by atoms with van der Waals surface area (Å²) >= 11 is 0. The Balaban J connectivity index is 1.18. The van der Waals surface area contributed by atoms with Crippen molar-refractivity contribution in [1.82, 2.24) is 30.7 Å². The molecule has 3 aliphatic heterocycles. The second-order valence-corrected chi connectivity index (χ2v) is 34.7. The summed E-state index contributed by atoms with van der Waals surface area (Å²) < 4.78 is 198. The predicted molar refractivity (Wildman–Crippen MR) is 388 cm³/mol. The zero-order valence-electron chi connectivity index (χ0n) is 61.2. The van der Waals surface area contributed by atoms with E-state index >= 15 is 0 Å². The van der Waals surface area contributed by atoms with E-state index in [1.54, 1.807) is 30.5 Å². The van der Waals surface area contributed by atoms with Crippen LogP contribution in [-0.4, -0.2) is 208 Å². The maximum absolute atomic E-state index is 14.7. The molecule has 29 nitrogen and oxygen atoms in total. The van der Waals surface area contributed by atoms with Crippen LogP contribution in [0.3, 0.4) is 0 Å². The number of fused-ring (bicyclic) bond motifs is 2. The van der Waals surface area contributed by atoms with Gasteiger partial charge in [-0.25, -0.2) is 38.5 Å². The molecule has 37 heteroatoms. The van der Waals surface area contributed by atoms with Crippen molar-refractivity contribution >= 4 is 99.7 Å². The van der Waals surface area contributed by atoms with Gasteiger partial charge in [-0.2, -0.15) is 4.58 Å². The second-order valence-electron chi connectivity index (χ2n) is 28.9. The lowest BCUT2D eigenvalue weighted by molar-refractivity contribution is -0.895. The number of hydroxylamine groups is 2. The molecule has 4 aliphatic rings. The summed E-state index contributed by atoms with van der Waals surface area (Å²) in [4.78, 5) is 71.2. The van der Waals surface area contributed by atoms with Crippen molar-refractivity contribution in [2.45, 2.75) is 164 Å². The lowest BCUT2D eigenvalue weighted by Crippen LogP contribution is -2.48. The van der Waals surface area contributed by atoms with E-state index in [1.807, 2.05) is 61.5 Å². The molecule has 2 N–H and O–H groups in total. The molecular formula is C71H92BF3N9O20S4-3. The quantitative estimate of drug-likeness (QED) is 0.0109. The van der Waals surface area contributed by atoms with Crippen molar-refractivity contribution < 1.29 is 112 Å². The molecule has 1 saturated heterocycles. The minimum absolute atomic E-state index is 0.0127. The van der Waals surface area contributed by atoms with Gasteiger partial charge in [0.15, 0.2) is 5.71 Å². The van der Waals surface area contributed by atoms with Gasteiger partial charge in [0.25, 0.3) is 23.6 Å². The first-order chi connectivity index (χ1) is 50.5. The average Bonchev–Trinajstić information content (AvgIpc) is 1.57. The largest absolute Gasteiger partial charge is 0.748 e. The number of amides is 4. The van der Waals surface area contributed by atoms with Crippen LogP contribution in [0.15, 0.2) is 112 Å². The lowest BCUT2D eigenvalue weighted by Gasteiger charge is -2.33. The first kappa shape index (κ1) is 85.8. The van der Waals surface area contributed by atoms with E-state index < -0.39 is 122 Å². The molecule has 3 aromatic carbocycles. The van der Waals surface area contributed by atoms with Gasteiger partial charge in [0.1, 0.15) is 45.6 Å². The van der Waals surface area contributed by atoms with Crippen LogP contribution in [0.2, 0.25) is 0 Å². The maximum atomic E-state index is 14.7. The highest BCUT2D eigenvalue weighted by molar-refractivity contribution is 7.86. The Morgan fingerprint density at radius 2 is 1.24 bits per heavy atom. The number of rotatable bonds is 41. The van der Waals surface area contributed by atoms with Gasteiger partial charge >= 0.3 is 12.9 Å². The topological polar surface area (TPSA) is 406 Å². The highest BCUT2D eigenvalue weighted by Gasteiger charge is 2.45. The van der Waals surface area contributed by atoms with Crippen LogP contribution in [0.5, 0.6) is 0 Å². The van der Waals surface area contributed by atoms with E-state index in [1.165, 1.54) is 49.1 Å². The monoisotopic (exact) mass is 1590 g/mol. The zero-order chi connectivity index (χ0) is 79.2. The SMILES string of the molecule is CC1(C)C(/C=C/C2=C(c3cc(C(=O)NCCCCn4cc(C[N+](C)(C)C[B-](F)(F)F)nn4)cc(C(=O)NCCCOCCOCC(=O)ON4C(=O)CCC4=O)c3)C(=C/C=C3/N(CCCCCCS(=O)(=O)[O-])c4ccc(S(=O)(=O)[O-])cc4C3(C)C)/CCC2)=[N+](CCCCCCS(=O)(=O)[O-])c2ccc(S(=O)(=O)[O-])cc21. The van der Waals surface area contributed by atoms with Gasteiger partial charge in [0, 0.05) is 109 Å². The Hall–Kier alpha value is -7.85. The van der Waals surface area contributed by atoms with Crippen molar-refractivity contribution in [2.24, 2.45) is 0 Å². The van der Waals surface area contributed by atoms with Gasteiger partial charge in [-0.3, -0.25) is 23.9 Å². The van der Waals surface area contributed by atoms with Crippen LogP contribution < -0.4 is 15.5 Å². The van der Waals surface area contributed by atoms with Crippen LogP contribution in [0, 0.1) is 0 Å². The first-order valence-electron chi connectivity index (χ1n) is 35.7. The molecule has 4 amide bonds. The number of carbonyl (C=O) groups excluding carboxylic acids is 5. The third-order valence-electron chi connectivity index (χ3n) is 19.0. The number of benzene rings is 3. The number of hydrogen-bond donors (Lipinski definition) is 2. The number of nitrogens with one attached hydrogen (secondary N) is 2. The Bertz CT molecular complexity index is 4660. The molecule has 0 radical (unpaired) electrons. The molecule has 0 atom stereocenters. The van der Waals surface area contributed by atoms with Crippen LogP contribution in [0.1, 0.15) is 174 Å². The Kier molecular flexibility index (Phi) is 28.8. The summed E-state index contributed by atoms with van der Waals surface area (Å²) in [7, 11) is -15.8. The number of nitrogens with zero attached hydrogens (tertiary/aromatic N) is 7. The summed E-state index contributed by atoms with van der Waals surface area (Å²) in [6.07, 6.45) is 13.7. The molecule has 592 valence electrons. The second kappa shape index (κ2) is 36.3. The fourth-order valence-corrected chi connectivity index (χ4v) is 16.0. The summed E-state index contributed by atoms with van der Waals surface area (Å²) in [5.41, 5.74) is 4.62. The fraction of sp³-hybridized carbons (Fsp3) is 0.521. The number of aryl methyl sites for hydroxylation is 1. The van der Waals surface area contributed by atoms with Crippen LogP contribution in [0.25, 0.3) is 5.57 Å². The summed E-state index contributed by atoms with van der Waals surface area (Å²) in [5.74, 6) is -4.46. The number of anilines is 1. The number of halogens is 3. The number of carbonyl (C=O) groups is 5. The average molecular weight is 1590 g/mol. The number of unbranched alkanes of at least 4 members (excludes halogenated alkanes) is 7. The third kappa shape index (κ3) is 24.3. The number of ether oxygens (including phenoxy) is 2. The van der Waals surface area contributed by atoms with Crippen molar-refractivity contribution in [2.75, 3.05) is 89.6 Å². The molecule has 8 rings (SSSR count). The van der Waals surface area contributed by atoms with E-state index in [4.69, 9.17) is 14.3 Å². The van der Waals surface area contributed by atoms with Gasteiger partial charge in [-0.05, 0) is 161 Å².